The summed E-state index contributed by atoms with van der Waals surface area (Å²) in [7, 11) is 0. The summed E-state index contributed by atoms with van der Waals surface area (Å²) in [5, 5.41) is 8.67. The van der Waals surface area contributed by atoms with Crippen LogP contribution < -0.4 is 4.74 Å². The van der Waals surface area contributed by atoms with Gasteiger partial charge in [-0.25, -0.2) is 4.79 Å². The van der Waals surface area contributed by atoms with E-state index < -0.39 is 23.2 Å². The van der Waals surface area contributed by atoms with Crippen molar-refractivity contribution in [2.75, 3.05) is 6.61 Å². The van der Waals surface area contributed by atoms with Gasteiger partial charge in [-0.05, 0) is 71.4 Å². The van der Waals surface area contributed by atoms with Crippen LogP contribution in [0.25, 0.3) is 6.08 Å². The van der Waals surface area contributed by atoms with Crippen molar-refractivity contribution in [2.24, 2.45) is 0 Å². The molecule has 1 aliphatic rings. The second kappa shape index (κ2) is 10.5. The molecular formula is C23H19BrN2O5S. The van der Waals surface area contributed by atoms with E-state index >= 15 is 0 Å². The lowest BCUT2D eigenvalue weighted by atomic mass is 10.1. The molecular weight excluding hydrogens is 496 g/mol. The standard InChI is InChI=1S/C23H19BrN2O5S/c1-3-30-22(28)14(2)26-21(27)20(32-23(26)29)11-15-8-9-19(18(24)10-15)31-13-17-7-5-4-6-16(17)12-25/h4-11,14H,3,13H2,1-2H3/b20-11-. The van der Waals surface area contributed by atoms with Gasteiger partial charge in [0.1, 0.15) is 18.4 Å². The number of carbonyl (C=O) groups excluding carboxylic acids is 3. The zero-order valence-corrected chi connectivity index (χ0v) is 19.7. The predicted octanol–water partition coefficient (Wildman–Crippen LogP) is 4.89. The molecule has 32 heavy (non-hydrogen) atoms. The normalized spacial score (nSPS) is 15.6. The quantitative estimate of drug-likeness (QED) is 0.383. The van der Waals surface area contributed by atoms with Crippen LogP contribution in [-0.2, 0) is 20.9 Å². The van der Waals surface area contributed by atoms with Crippen molar-refractivity contribution < 1.29 is 23.9 Å². The number of thioether (sulfide) groups is 1. The highest BCUT2D eigenvalue weighted by Crippen LogP contribution is 2.35. The minimum Gasteiger partial charge on any atom is -0.488 e. The van der Waals surface area contributed by atoms with E-state index in [-0.39, 0.29) is 18.1 Å². The fourth-order valence-corrected chi connectivity index (χ4v) is 4.39. The molecule has 1 unspecified atom stereocenters. The van der Waals surface area contributed by atoms with E-state index in [9.17, 15) is 19.6 Å². The highest BCUT2D eigenvalue weighted by atomic mass is 79.9. The average Bonchev–Trinajstić information content (AvgIpc) is 3.05. The van der Waals surface area contributed by atoms with E-state index in [0.717, 1.165) is 22.2 Å². The smallest absolute Gasteiger partial charge is 0.329 e. The molecule has 164 valence electrons. The number of ether oxygens (including phenoxy) is 2. The van der Waals surface area contributed by atoms with Crippen LogP contribution in [0, 0.1) is 11.3 Å². The SMILES string of the molecule is CCOC(=O)C(C)N1C(=O)S/C(=C\c2ccc(OCc3ccccc3C#N)c(Br)c2)C1=O. The first kappa shape index (κ1) is 23.6. The third kappa shape index (κ3) is 5.21. The number of amides is 2. The van der Waals surface area contributed by atoms with Crippen LogP contribution >= 0.6 is 27.7 Å². The second-order valence-corrected chi connectivity index (χ2v) is 8.57. The summed E-state index contributed by atoms with van der Waals surface area (Å²) in [4.78, 5) is 38.0. The summed E-state index contributed by atoms with van der Waals surface area (Å²) in [5.41, 5.74) is 2.00. The average molecular weight is 515 g/mol. The molecule has 0 aromatic heterocycles. The Morgan fingerprint density at radius 3 is 2.72 bits per heavy atom. The molecule has 1 saturated heterocycles. The van der Waals surface area contributed by atoms with Crippen molar-refractivity contribution >= 4 is 50.9 Å². The number of hydrogen-bond donors (Lipinski definition) is 0. The number of hydrogen-bond acceptors (Lipinski definition) is 7. The van der Waals surface area contributed by atoms with E-state index in [1.54, 1.807) is 43.3 Å². The molecule has 1 atom stereocenters. The van der Waals surface area contributed by atoms with Gasteiger partial charge in [0.05, 0.1) is 27.6 Å². The first-order chi connectivity index (χ1) is 15.3. The molecule has 0 aliphatic carbocycles. The van der Waals surface area contributed by atoms with Crippen molar-refractivity contribution in [3.8, 4) is 11.8 Å². The van der Waals surface area contributed by atoms with Gasteiger partial charge in [0.2, 0.25) is 0 Å². The number of halogens is 1. The van der Waals surface area contributed by atoms with Crippen molar-refractivity contribution in [3.63, 3.8) is 0 Å². The van der Waals surface area contributed by atoms with E-state index in [1.165, 1.54) is 6.92 Å². The molecule has 0 radical (unpaired) electrons. The Labute approximate surface area is 198 Å². The van der Waals surface area contributed by atoms with Crippen LogP contribution in [-0.4, -0.2) is 34.7 Å². The van der Waals surface area contributed by atoms with Crippen LogP contribution in [0.5, 0.6) is 5.75 Å². The van der Waals surface area contributed by atoms with E-state index in [0.29, 0.717) is 21.3 Å². The fourth-order valence-electron chi connectivity index (χ4n) is 2.97. The van der Waals surface area contributed by atoms with Crippen LogP contribution in [0.1, 0.15) is 30.5 Å². The van der Waals surface area contributed by atoms with Crippen LogP contribution in [0.3, 0.4) is 0 Å². The van der Waals surface area contributed by atoms with Gasteiger partial charge in [0, 0.05) is 5.56 Å². The molecule has 0 bridgehead atoms. The zero-order chi connectivity index (χ0) is 23.3. The van der Waals surface area contributed by atoms with Crippen LogP contribution in [0.4, 0.5) is 4.79 Å². The monoisotopic (exact) mass is 514 g/mol. The molecule has 0 saturated carbocycles. The minimum atomic E-state index is -0.993. The van der Waals surface area contributed by atoms with Gasteiger partial charge in [-0.2, -0.15) is 5.26 Å². The number of nitrogens with zero attached hydrogens (tertiary/aromatic N) is 2. The number of benzene rings is 2. The van der Waals surface area contributed by atoms with Crippen molar-refractivity contribution in [3.05, 3.63) is 68.5 Å². The molecule has 2 amide bonds. The summed E-state index contributed by atoms with van der Waals surface area (Å²) in [6.07, 6.45) is 1.59. The Morgan fingerprint density at radius 1 is 1.28 bits per heavy atom. The number of rotatable bonds is 7. The van der Waals surface area contributed by atoms with Gasteiger partial charge in [-0.1, -0.05) is 24.3 Å². The van der Waals surface area contributed by atoms with Crippen molar-refractivity contribution in [1.82, 2.24) is 4.90 Å². The molecule has 1 heterocycles. The fraction of sp³-hybridized carbons (Fsp3) is 0.217. The maximum atomic E-state index is 12.7. The Balaban J connectivity index is 1.73. The van der Waals surface area contributed by atoms with Gasteiger partial charge in [0.25, 0.3) is 11.1 Å². The zero-order valence-electron chi connectivity index (χ0n) is 17.3. The summed E-state index contributed by atoms with van der Waals surface area (Å²) in [6, 6.07) is 13.6. The Kier molecular flexibility index (Phi) is 7.72. The van der Waals surface area contributed by atoms with Gasteiger partial charge in [0.15, 0.2) is 0 Å². The van der Waals surface area contributed by atoms with Gasteiger partial charge in [-0.15, -0.1) is 0 Å². The highest BCUT2D eigenvalue weighted by Gasteiger charge is 2.41. The maximum absolute atomic E-state index is 12.7. The first-order valence-corrected chi connectivity index (χ1v) is 11.3. The second-order valence-electron chi connectivity index (χ2n) is 6.73. The Bertz CT molecular complexity index is 1140. The van der Waals surface area contributed by atoms with Gasteiger partial charge in [-0.3, -0.25) is 14.5 Å². The number of imide groups is 1. The minimum absolute atomic E-state index is 0.166. The summed E-state index contributed by atoms with van der Waals surface area (Å²) in [5.74, 6) is -0.595. The Morgan fingerprint density at radius 2 is 2.03 bits per heavy atom. The Hall–Kier alpha value is -3.09. The summed E-state index contributed by atoms with van der Waals surface area (Å²) in [6.45, 7) is 3.52. The number of esters is 1. The van der Waals surface area contributed by atoms with Gasteiger partial charge < -0.3 is 9.47 Å². The number of nitriles is 1. The number of carbonyl (C=O) groups is 3. The van der Waals surface area contributed by atoms with E-state index in [1.807, 2.05) is 12.1 Å². The summed E-state index contributed by atoms with van der Waals surface area (Å²) < 4.78 is 11.4. The lowest BCUT2D eigenvalue weighted by molar-refractivity contribution is -0.150. The molecule has 0 N–H and O–H groups in total. The molecule has 0 spiro atoms. The maximum Gasteiger partial charge on any atom is 0.329 e. The first-order valence-electron chi connectivity index (χ1n) is 9.69. The van der Waals surface area contributed by atoms with E-state index in [2.05, 4.69) is 22.0 Å². The largest absolute Gasteiger partial charge is 0.488 e. The molecule has 3 rings (SSSR count). The molecule has 2 aromatic rings. The summed E-state index contributed by atoms with van der Waals surface area (Å²) >= 11 is 4.23. The lowest BCUT2D eigenvalue weighted by Gasteiger charge is -2.19. The molecule has 7 nitrogen and oxygen atoms in total. The van der Waals surface area contributed by atoms with Gasteiger partial charge >= 0.3 is 5.97 Å². The van der Waals surface area contributed by atoms with Crippen molar-refractivity contribution in [1.29, 1.82) is 5.26 Å². The van der Waals surface area contributed by atoms with E-state index in [4.69, 9.17) is 9.47 Å². The van der Waals surface area contributed by atoms with Crippen LogP contribution in [0.15, 0.2) is 51.8 Å². The molecule has 1 fully saturated rings. The van der Waals surface area contributed by atoms with Crippen LogP contribution in [0.2, 0.25) is 0 Å². The molecule has 2 aromatic carbocycles. The topological polar surface area (TPSA) is 96.7 Å². The van der Waals surface area contributed by atoms with Crippen molar-refractivity contribution in [2.45, 2.75) is 26.5 Å². The molecule has 9 heteroatoms. The third-order valence-electron chi connectivity index (χ3n) is 4.61. The highest BCUT2D eigenvalue weighted by molar-refractivity contribution is 9.10. The lowest BCUT2D eigenvalue weighted by Crippen LogP contribution is -2.42. The molecule has 1 aliphatic heterocycles. The third-order valence-corrected chi connectivity index (χ3v) is 6.12. The predicted molar refractivity (Wildman–Crippen MR) is 124 cm³/mol.